The molecule has 0 heterocycles. The Kier molecular flexibility index (Phi) is 5.58. The van der Waals surface area contributed by atoms with Crippen LogP contribution >= 0.6 is 0 Å². The van der Waals surface area contributed by atoms with Gasteiger partial charge in [0.1, 0.15) is 5.54 Å². The Morgan fingerprint density at radius 2 is 1.44 bits per heavy atom. The number of carbonyl (C=O) groups excluding carboxylic acids is 1. The van der Waals surface area contributed by atoms with Gasteiger partial charge in [0, 0.05) is 5.56 Å². The van der Waals surface area contributed by atoms with Crippen LogP contribution in [-0.2, 0) is 14.8 Å². The molecule has 1 fully saturated rings. The lowest BCUT2D eigenvalue weighted by atomic mass is 10.2. The summed E-state index contributed by atoms with van der Waals surface area (Å²) in [5, 5.41) is 11.7. The van der Waals surface area contributed by atoms with Crippen LogP contribution in [0.2, 0.25) is 0 Å². The molecule has 0 bridgehead atoms. The fraction of sp³-hybridized carbons (Fsp3) is 0.130. The molecule has 1 aliphatic rings. The van der Waals surface area contributed by atoms with E-state index in [9.17, 15) is 23.1 Å². The first-order valence-electron chi connectivity index (χ1n) is 9.81. The third-order valence-corrected chi connectivity index (χ3v) is 6.63. The first-order valence-corrected chi connectivity index (χ1v) is 11.3. The summed E-state index contributed by atoms with van der Waals surface area (Å²) in [5.41, 5.74) is -0.767. The van der Waals surface area contributed by atoms with Gasteiger partial charge in [-0.1, -0.05) is 40.9 Å². The van der Waals surface area contributed by atoms with Crippen molar-refractivity contribution >= 4 is 27.6 Å². The van der Waals surface area contributed by atoms with Gasteiger partial charge in [-0.05, 0) is 61.4 Å². The fourth-order valence-corrected chi connectivity index (χ4v) is 4.30. The average Bonchev–Trinajstić information content (AvgIpc) is 3.59. The molecule has 0 spiro atoms. The summed E-state index contributed by atoms with van der Waals surface area (Å²) in [7, 11) is -4.15. The summed E-state index contributed by atoms with van der Waals surface area (Å²) in [6.07, 6.45) is 0.729. The molecule has 0 saturated heterocycles. The largest absolute Gasteiger partial charge is 0.480 e. The van der Waals surface area contributed by atoms with E-state index in [-0.39, 0.29) is 10.5 Å². The molecule has 3 aromatic rings. The normalized spacial score (nSPS) is 14.2. The Morgan fingerprint density at radius 3 is 1.97 bits per heavy atom. The monoisotopic (exact) mass is 452 g/mol. The number of nitrogens with one attached hydrogen (secondary N) is 1. The van der Waals surface area contributed by atoms with Crippen LogP contribution in [0.3, 0.4) is 0 Å². The molecule has 1 amide bonds. The number of anilines is 1. The summed E-state index contributed by atoms with van der Waals surface area (Å²) in [6, 6.07) is 22.1. The molecule has 0 radical (unpaired) electrons. The van der Waals surface area contributed by atoms with Crippen LogP contribution in [-0.4, -0.2) is 30.9 Å². The predicted molar refractivity (Wildman–Crippen MR) is 117 cm³/mol. The average molecular weight is 452 g/mol. The van der Waals surface area contributed by atoms with Crippen LogP contribution < -0.4 is 14.6 Å². The van der Waals surface area contributed by atoms with Crippen molar-refractivity contribution in [1.29, 1.82) is 0 Å². The molecule has 2 N–H and O–H groups in total. The second-order valence-electron chi connectivity index (χ2n) is 7.34. The van der Waals surface area contributed by atoms with Crippen molar-refractivity contribution in [3.8, 4) is 5.75 Å². The first kappa shape index (κ1) is 21.4. The summed E-state index contributed by atoms with van der Waals surface area (Å²) in [4.78, 5) is 29.3. The summed E-state index contributed by atoms with van der Waals surface area (Å²) < 4.78 is 27.6. The van der Waals surface area contributed by atoms with Crippen LogP contribution in [0.25, 0.3) is 0 Å². The number of hydrogen-bond acceptors (Lipinski definition) is 5. The first-order chi connectivity index (χ1) is 15.3. The number of sulfonamides is 1. The lowest BCUT2D eigenvalue weighted by Gasteiger charge is -2.24. The van der Waals surface area contributed by atoms with Gasteiger partial charge in [-0.2, -0.15) is 8.42 Å². The molecule has 3 aromatic carbocycles. The standard InChI is InChI=1S/C23H20N2O6S/c26-21(24-23(15-16-23)22(27)28)17-11-13-20(14-12-17)32(29,30)25(18-7-3-1-4-8-18)31-19-9-5-2-6-10-19/h1-14H,15-16H2,(H,24,26)(H,27,28). The highest BCUT2D eigenvalue weighted by Gasteiger charge is 2.51. The minimum absolute atomic E-state index is 0.0896. The molecule has 9 heteroatoms. The summed E-state index contributed by atoms with van der Waals surface area (Å²) in [6.45, 7) is 0. The Morgan fingerprint density at radius 1 is 0.875 bits per heavy atom. The molecule has 0 aliphatic heterocycles. The molecule has 32 heavy (non-hydrogen) atoms. The quantitative estimate of drug-likeness (QED) is 0.508. The lowest BCUT2D eigenvalue weighted by Crippen LogP contribution is -2.43. The number of carboxylic acid groups (broad SMARTS) is 1. The van der Waals surface area contributed by atoms with Gasteiger partial charge in [0.15, 0.2) is 5.75 Å². The Hall–Kier alpha value is -3.85. The third-order valence-electron chi connectivity index (χ3n) is 5.04. The van der Waals surface area contributed by atoms with Crippen molar-refractivity contribution in [3.63, 3.8) is 0 Å². The van der Waals surface area contributed by atoms with E-state index in [2.05, 4.69) is 5.32 Å². The minimum Gasteiger partial charge on any atom is -0.480 e. The van der Waals surface area contributed by atoms with Gasteiger partial charge in [-0.25, -0.2) is 4.79 Å². The van der Waals surface area contributed by atoms with E-state index in [1.54, 1.807) is 60.7 Å². The zero-order valence-corrected chi connectivity index (χ0v) is 17.7. The molecular formula is C23H20N2O6S. The number of para-hydroxylation sites is 2. The van der Waals surface area contributed by atoms with Crippen molar-refractivity contribution in [1.82, 2.24) is 5.32 Å². The third kappa shape index (κ3) is 4.28. The number of carboxylic acids is 1. The zero-order valence-electron chi connectivity index (χ0n) is 16.8. The van der Waals surface area contributed by atoms with Crippen LogP contribution in [0.5, 0.6) is 5.75 Å². The Balaban J connectivity index is 1.61. The summed E-state index contributed by atoms with van der Waals surface area (Å²) in [5.74, 6) is -1.32. The number of amides is 1. The molecule has 0 aromatic heterocycles. The second kappa shape index (κ2) is 8.35. The number of aliphatic carboxylic acids is 1. The van der Waals surface area contributed by atoms with E-state index >= 15 is 0 Å². The van der Waals surface area contributed by atoms with Gasteiger partial charge in [0.2, 0.25) is 0 Å². The van der Waals surface area contributed by atoms with Gasteiger partial charge >= 0.3 is 5.97 Å². The highest BCUT2D eigenvalue weighted by Crippen LogP contribution is 2.36. The summed E-state index contributed by atoms with van der Waals surface area (Å²) >= 11 is 0. The van der Waals surface area contributed by atoms with E-state index in [1.165, 1.54) is 24.3 Å². The molecule has 1 aliphatic carbocycles. The number of carbonyl (C=O) groups is 2. The number of rotatable bonds is 8. The molecular weight excluding hydrogens is 432 g/mol. The minimum atomic E-state index is -4.15. The maximum Gasteiger partial charge on any atom is 0.329 e. The van der Waals surface area contributed by atoms with Crippen molar-refractivity contribution in [2.75, 3.05) is 4.47 Å². The maximum atomic E-state index is 13.4. The van der Waals surface area contributed by atoms with E-state index in [4.69, 9.17) is 4.84 Å². The molecule has 4 rings (SSSR count). The van der Waals surface area contributed by atoms with Crippen LogP contribution in [0.4, 0.5) is 5.69 Å². The number of benzene rings is 3. The zero-order chi connectivity index (χ0) is 22.8. The number of hydrogen-bond donors (Lipinski definition) is 2. The highest BCUT2D eigenvalue weighted by molar-refractivity contribution is 7.92. The van der Waals surface area contributed by atoms with Gasteiger partial charge in [-0.3, -0.25) is 4.79 Å². The lowest BCUT2D eigenvalue weighted by molar-refractivity contribution is -0.140. The smallest absolute Gasteiger partial charge is 0.329 e. The van der Waals surface area contributed by atoms with E-state index in [0.29, 0.717) is 24.3 Å². The molecule has 0 unspecified atom stereocenters. The van der Waals surface area contributed by atoms with Crippen molar-refractivity contribution in [3.05, 3.63) is 90.5 Å². The van der Waals surface area contributed by atoms with Crippen LogP contribution in [0.1, 0.15) is 23.2 Å². The Bertz CT molecular complexity index is 1220. The van der Waals surface area contributed by atoms with Gasteiger partial charge in [-0.15, -0.1) is 0 Å². The molecule has 0 atom stereocenters. The van der Waals surface area contributed by atoms with Crippen molar-refractivity contribution in [2.24, 2.45) is 0 Å². The maximum absolute atomic E-state index is 13.4. The molecule has 1 saturated carbocycles. The van der Waals surface area contributed by atoms with Gasteiger partial charge in [0.25, 0.3) is 15.9 Å². The van der Waals surface area contributed by atoms with Crippen LogP contribution in [0, 0.1) is 0 Å². The Labute approximate surface area is 185 Å². The van der Waals surface area contributed by atoms with Crippen molar-refractivity contribution in [2.45, 2.75) is 23.3 Å². The highest BCUT2D eigenvalue weighted by atomic mass is 32.2. The van der Waals surface area contributed by atoms with Gasteiger partial charge < -0.3 is 15.3 Å². The van der Waals surface area contributed by atoms with E-state index in [0.717, 1.165) is 4.47 Å². The van der Waals surface area contributed by atoms with Crippen LogP contribution in [0.15, 0.2) is 89.8 Å². The van der Waals surface area contributed by atoms with Crippen molar-refractivity contribution < 1.29 is 28.0 Å². The predicted octanol–water partition coefficient (Wildman–Crippen LogP) is 3.22. The topological polar surface area (TPSA) is 113 Å². The second-order valence-corrected chi connectivity index (χ2v) is 9.09. The molecule has 164 valence electrons. The fourth-order valence-electron chi connectivity index (χ4n) is 3.05. The molecule has 8 nitrogen and oxygen atoms in total. The van der Waals surface area contributed by atoms with E-state index < -0.39 is 27.4 Å². The van der Waals surface area contributed by atoms with Gasteiger partial charge in [0.05, 0.1) is 10.6 Å². The number of nitrogens with zero attached hydrogens (tertiary/aromatic N) is 1. The van der Waals surface area contributed by atoms with E-state index in [1.807, 2.05) is 0 Å². The SMILES string of the molecule is O=C(NC1(C(=O)O)CC1)c1ccc(S(=O)(=O)N(Oc2ccccc2)c2ccccc2)cc1.